The van der Waals surface area contributed by atoms with E-state index in [1.165, 1.54) is 5.56 Å². The number of nitrogens with zero attached hydrogens (tertiary/aromatic N) is 2. The molecule has 20 heavy (non-hydrogen) atoms. The lowest BCUT2D eigenvalue weighted by molar-refractivity contribution is -0.138. The zero-order valence-corrected chi connectivity index (χ0v) is 12.8. The van der Waals surface area contributed by atoms with E-state index in [2.05, 4.69) is 26.6 Å². The number of carbonyl (C=O) groups excluding carboxylic acids is 1. The largest absolute Gasteiger partial charge is 0.383 e. The molecular weight excluding hydrogens is 272 g/mol. The fourth-order valence-corrected chi connectivity index (χ4v) is 4.19. The molecule has 2 saturated heterocycles. The number of likely N-dealkylation sites (tertiary alicyclic amines) is 2. The first-order valence-corrected chi connectivity index (χ1v) is 8.27. The van der Waals surface area contributed by atoms with Crippen LogP contribution in [0, 0.1) is 0 Å². The zero-order valence-electron chi connectivity index (χ0n) is 12.0. The molecule has 0 radical (unpaired) electrons. The zero-order chi connectivity index (χ0) is 13.9. The molecule has 2 aliphatic heterocycles. The maximum absolute atomic E-state index is 12.1. The number of hydrogen-bond donors (Lipinski definition) is 0. The van der Waals surface area contributed by atoms with Crippen LogP contribution in [0.25, 0.3) is 0 Å². The van der Waals surface area contributed by atoms with Gasteiger partial charge in [0.1, 0.15) is 0 Å². The predicted molar refractivity (Wildman–Crippen MR) is 79.7 cm³/mol. The van der Waals surface area contributed by atoms with E-state index in [9.17, 15) is 4.79 Å². The van der Waals surface area contributed by atoms with Crippen LogP contribution < -0.4 is 0 Å². The molecule has 0 bridgehead atoms. The summed E-state index contributed by atoms with van der Waals surface area (Å²) in [5.41, 5.74) is 1.40. The summed E-state index contributed by atoms with van der Waals surface area (Å²) < 4.78 is 5.15. The predicted octanol–water partition coefficient (Wildman–Crippen LogP) is 1.96. The molecule has 2 fully saturated rings. The topological polar surface area (TPSA) is 32.8 Å². The van der Waals surface area contributed by atoms with E-state index in [1.807, 2.05) is 0 Å². The van der Waals surface area contributed by atoms with Gasteiger partial charge in [-0.15, -0.1) is 0 Å². The Hall–Kier alpha value is -0.910. The van der Waals surface area contributed by atoms with Crippen LogP contribution in [0.1, 0.15) is 24.8 Å². The quantitative estimate of drug-likeness (QED) is 0.832. The third-order valence-corrected chi connectivity index (χ3v) is 5.23. The van der Waals surface area contributed by atoms with E-state index in [-0.39, 0.29) is 0 Å². The average molecular weight is 294 g/mol. The fraction of sp³-hybridized carbons (Fsp3) is 0.667. The van der Waals surface area contributed by atoms with Crippen LogP contribution in [0.15, 0.2) is 16.8 Å². The van der Waals surface area contributed by atoms with E-state index in [1.54, 1.807) is 18.4 Å². The molecule has 0 spiro atoms. The first-order valence-electron chi connectivity index (χ1n) is 7.33. The standard InChI is InChI=1S/C15H22N2O2S/c1-19-8-7-17-14-4-6-16(10-12-5-9-20-11-12)13(14)2-3-15(17)18/h5,9,11,13-14H,2-4,6-8,10H2,1H3/t13-,14-/m1/s1. The first kappa shape index (κ1) is 14.0. The highest BCUT2D eigenvalue weighted by Gasteiger charge is 2.42. The summed E-state index contributed by atoms with van der Waals surface area (Å²) in [5.74, 6) is 0.306. The van der Waals surface area contributed by atoms with E-state index >= 15 is 0 Å². The average Bonchev–Trinajstić information content (AvgIpc) is 3.08. The van der Waals surface area contributed by atoms with Crippen molar-refractivity contribution in [2.45, 2.75) is 37.9 Å². The number of carbonyl (C=O) groups is 1. The summed E-state index contributed by atoms with van der Waals surface area (Å²) in [6.07, 6.45) is 2.80. The van der Waals surface area contributed by atoms with Gasteiger partial charge >= 0.3 is 0 Å². The van der Waals surface area contributed by atoms with Crippen LogP contribution in [0.5, 0.6) is 0 Å². The van der Waals surface area contributed by atoms with E-state index in [4.69, 9.17) is 4.74 Å². The van der Waals surface area contributed by atoms with Crippen molar-refractivity contribution >= 4 is 17.2 Å². The number of ether oxygens (including phenoxy) is 1. The molecule has 0 saturated carbocycles. The van der Waals surface area contributed by atoms with Crippen molar-refractivity contribution in [3.05, 3.63) is 22.4 Å². The van der Waals surface area contributed by atoms with Crippen LogP contribution in [0.4, 0.5) is 0 Å². The maximum atomic E-state index is 12.1. The number of rotatable bonds is 5. The molecule has 1 aromatic heterocycles. The SMILES string of the molecule is COCCN1C(=O)CC[C@@H]2[C@H]1CCN2Cc1ccsc1. The van der Waals surface area contributed by atoms with Crippen molar-refractivity contribution in [2.24, 2.45) is 0 Å². The summed E-state index contributed by atoms with van der Waals surface area (Å²) in [7, 11) is 1.70. The van der Waals surface area contributed by atoms with Gasteiger partial charge in [0.05, 0.1) is 6.61 Å². The number of thiophene rings is 1. The van der Waals surface area contributed by atoms with Crippen molar-refractivity contribution in [1.29, 1.82) is 0 Å². The molecule has 1 aromatic rings. The van der Waals surface area contributed by atoms with Crippen LogP contribution in [0.3, 0.4) is 0 Å². The van der Waals surface area contributed by atoms with Gasteiger partial charge in [-0.3, -0.25) is 9.69 Å². The van der Waals surface area contributed by atoms with Gasteiger partial charge in [-0.05, 0) is 35.2 Å². The van der Waals surface area contributed by atoms with Crippen molar-refractivity contribution in [1.82, 2.24) is 9.80 Å². The number of methoxy groups -OCH3 is 1. The second kappa shape index (κ2) is 6.24. The highest BCUT2D eigenvalue weighted by atomic mass is 32.1. The van der Waals surface area contributed by atoms with Crippen LogP contribution in [0.2, 0.25) is 0 Å². The van der Waals surface area contributed by atoms with Crippen LogP contribution in [-0.4, -0.2) is 54.6 Å². The van der Waals surface area contributed by atoms with Crippen LogP contribution >= 0.6 is 11.3 Å². The summed E-state index contributed by atoms with van der Waals surface area (Å²) in [5, 5.41) is 4.36. The molecule has 2 atom stereocenters. The number of hydrogen-bond acceptors (Lipinski definition) is 4. The Bertz CT molecular complexity index is 449. The molecule has 0 unspecified atom stereocenters. The fourth-order valence-electron chi connectivity index (χ4n) is 3.53. The van der Waals surface area contributed by atoms with Crippen LogP contribution in [-0.2, 0) is 16.1 Å². The van der Waals surface area contributed by atoms with Gasteiger partial charge < -0.3 is 9.64 Å². The van der Waals surface area contributed by atoms with Gasteiger partial charge in [0.15, 0.2) is 0 Å². The molecule has 0 aliphatic carbocycles. The van der Waals surface area contributed by atoms with Gasteiger partial charge in [0.25, 0.3) is 0 Å². The van der Waals surface area contributed by atoms with Gasteiger partial charge in [-0.2, -0.15) is 11.3 Å². The number of piperidine rings is 1. The van der Waals surface area contributed by atoms with Crippen molar-refractivity contribution in [3.63, 3.8) is 0 Å². The van der Waals surface area contributed by atoms with Gasteiger partial charge in [-0.25, -0.2) is 0 Å². The molecule has 0 aromatic carbocycles. The van der Waals surface area contributed by atoms with Gasteiger partial charge in [0, 0.05) is 45.2 Å². The molecule has 0 N–H and O–H groups in total. The second-order valence-electron chi connectivity index (χ2n) is 5.64. The summed E-state index contributed by atoms with van der Waals surface area (Å²) in [6.45, 7) is 3.50. The molecular formula is C15H22N2O2S. The Labute approximate surface area is 124 Å². The number of fused-ring (bicyclic) bond motifs is 1. The Morgan fingerprint density at radius 2 is 2.30 bits per heavy atom. The highest BCUT2D eigenvalue weighted by molar-refractivity contribution is 7.07. The minimum Gasteiger partial charge on any atom is -0.383 e. The normalized spacial score (nSPS) is 27.1. The Balaban J connectivity index is 1.67. The molecule has 4 nitrogen and oxygen atoms in total. The second-order valence-corrected chi connectivity index (χ2v) is 6.42. The molecule has 2 aliphatic rings. The smallest absolute Gasteiger partial charge is 0.223 e. The summed E-state index contributed by atoms with van der Waals surface area (Å²) >= 11 is 1.76. The molecule has 110 valence electrons. The third kappa shape index (κ3) is 2.75. The van der Waals surface area contributed by atoms with E-state index in [0.29, 0.717) is 31.0 Å². The lowest BCUT2D eigenvalue weighted by atomic mass is 9.96. The van der Waals surface area contributed by atoms with E-state index < -0.39 is 0 Å². The molecule has 5 heteroatoms. The minimum atomic E-state index is 0.306. The van der Waals surface area contributed by atoms with E-state index in [0.717, 1.165) is 32.5 Å². The lowest BCUT2D eigenvalue weighted by Crippen LogP contribution is -2.52. The van der Waals surface area contributed by atoms with Gasteiger partial charge in [0.2, 0.25) is 5.91 Å². The molecule has 1 amide bonds. The minimum absolute atomic E-state index is 0.306. The summed E-state index contributed by atoms with van der Waals surface area (Å²) in [4.78, 5) is 16.7. The Morgan fingerprint density at radius 3 is 3.05 bits per heavy atom. The monoisotopic (exact) mass is 294 g/mol. The molecule has 3 rings (SSSR count). The first-order chi connectivity index (χ1) is 9.79. The van der Waals surface area contributed by atoms with Crippen molar-refractivity contribution < 1.29 is 9.53 Å². The number of amides is 1. The molecule has 3 heterocycles. The van der Waals surface area contributed by atoms with Gasteiger partial charge in [-0.1, -0.05) is 0 Å². The Kier molecular flexibility index (Phi) is 4.38. The highest BCUT2D eigenvalue weighted by Crippen LogP contribution is 2.32. The summed E-state index contributed by atoms with van der Waals surface area (Å²) in [6, 6.07) is 3.13. The maximum Gasteiger partial charge on any atom is 0.223 e. The van der Waals surface area contributed by atoms with Crippen molar-refractivity contribution in [2.75, 3.05) is 26.8 Å². The van der Waals surface area contributed by atoms with Crippen molar-refractivity contribution in [3.8, 4) is 0 Å². The third-order valence-electron chi connectivity index (χ3n) is 4.50. The Morgan fingerprint density at radius 1 is 1.40 bits per heavy atom. The lowest BCUT2D eigenvalue weighted by Gasteiger charge is -2.39.